The van der Waals surface area contributed by atoms with Crippen molar-refractivity contribution in [3.05, 3.63) is 53.1 Å². The molecule has 0 aliphatic rings. The molecular weight excluding hydrogens is 336 g/mol. The Kier molecular flexibility index (Phi) is 4.85. The van der Waals surface area contributed by atoms with Crippen LogP contribution in [-0.4, -0.2) is 27.4 Å². The summed E-state index contributed by atoms with van der Waals surface area (Å²) in [5.74, 6) is 0.482. The lowest BCUT2D eigenvalue weighted by Crippen LogP contribution is -2.17. The summed E-state index contributed by atoms with van der Waals surface area (Å²) in [6, 6.07) is 7.58. The van der Waals surface area contributed by atoms with E-state index in [4.69, 9.17) is 4.74 Å². The molecule has 2 heterocycles. The highest BCUT2D eigenvalue weighted by Crippen LogP contribution is 2.23. The number of ether oxygens (including phenoxy) is 1. The molecule has 6 nitrogen and oxygen atoms in total. The summed E-state index contributed by atoms with van der Waals surface area (Å²) < 4.78 is 9.94. The van der Waals surface area contributed by atoms with Crippen LogP contribution >= 0.6 is 11.3 Å². The van der Waals surface area contributed by atoms with E-state index in [0.717, 1.165) is 21.7 Å². The fraction of sp³-hybridized carbons (Fsp3) is 0.278. The number of carbonyl (C=O) groups excluding carboxylic acids is 1. The van der Waals surface area contributed by atoms with Crippen LogP contribution in [0.5, 0.6) is 5.75 Å². The first-order valence-electron chi connectivity index (χ1n) is 7.99. The molecule has 0 radical (unpaired) electrons. The van der Waals surface area contributed by atoms with Gasteiger partial charge in [-0.05, 0) is 38.1 Å². The molecule has 0 aliphatic carbocycles. The quantitative estimate of drug-likeness (QED) is 0.660. The molecule has 0 aliphatic heterocycles. The fourth-order valence-corrected chi connectivity index (χ4v) is 3.74. The number of methoxy groups -OCH3 is 1. The van der Waals surface area contributed by atoms with Gasteiger partial charge in [0.25, 0.3) is 5.91 Å². The van der Waals surface area contributed by atoms with Crippen molar-refractivity contribution in [3.8, 4) is 5.75 Å². The van der Waals surface area contributed by atoms with Gasteiger partial charge in [-0.25, -0.2) is 0 Å². The molecule has 25 heavy (non-hydrogen) atoms. The maximum absolute atomic E-state index is 12.7. The maximum Gasteiger partial charge on any atom is 0.297 e. The number of thiazole rings is 1. The lowest BCUT2D eigenvalue weighted by Gasteiger charge is -2.03. The normalized spacial score (nSPS) is 11.9. The third-order valence-electron chi connectivity index (χ3n) is 3.82. The van der Waals surface area contributed by atoms with Crippen molar-refractivity contribution < 1.29 is 9.53 Å². The van der Waals surface area contributed by atoms with Crippen LogP contribution in [0.3, 0.4) is 0 Å². The van der Waals surface area contributed by atoms with E-state index < -0.39 is 0 Å². The lowest BCUT2D eigenvalue weighted by atomic mass is 10.3. The zero-order valence-corrected chi connectivity index (χ0v) is 15.3. The molecule has 0 saturated carbocycles. The molecule has 0 bridgehead atoms. The van der Waals surface area contributed by atoms with Gasteiger partial charge >= 0.3 is 0 Å². The van der Waals surface area contributed by atoms with E-state index in [2.05, 4.69) is 16.7 Å². The highest BCUT2D eigenvalue weighted by molar-refractivity contribution is 7.16. The smallest absolute Gasteiger partial charge is 0.297 e. The van der Waals surface area contributed by atoms with E-state index in [0.29, 0.717) is 23.6 Å². The average Bonchev–Trinajstić information content (AvgIpc) is 3.15. The highest BCUT2D eigenvalue weighted by atomic mass is 32.1. The third-order valence-corrected chi connectivity index (χ3v) is 4.86. The average molecular weight is 356 g/mol. The molecule has 3 aromatic rings. The summed E-state index contributed by atoms with van der Waals surface area (Å²) >= 11 is 1.45. The van der Waals surface area contributed by atoms with Crippen molar-refractivity contribution in [2.24, 2.45) is 4.99 Å². The Morgan fingerprint density at radius 2 is 2.24 bits per heavy atom. The predicted molar refractivity (Wildman–Crippen MR) is 99.1 cm³/mol. The second-order valence-electron chi connectivity index (χ2n) is 5.52. The standard InChI is InChI=1S/C18H20N4O2S/c1-5-9-21-14-8-7-13(24-4)11-16(14)25-18(21)19-17(23)15-10-12(3)20-22(15)6-2/h5,7-8,10-11H,1,6,9H2,2-4H3. The summed E-state index contributed by atoms with van der Waals surface area (Å²) in [5.41, 5.74) is 2.30. The highest BCUT2D eigenvalue weighted by Gasteiger charge is 2.14. The van der Waals surface area contributed by atoms with Crippen molar-refractivity contribution in [2.45, 2.75) is 26.9 Å². The van der Waals surface area contributed by atoms with E-state index in [1.165, 1.54) is 11.3 Å². The summed E-state index contributed by atoms with van der Waals surface area (Å²) in [5, 5.41) is 4.32. The first-order chi connectivity index (χ1) is 12.1. The third kappa shape index (κ3) is 3.28. The number of aromatic nitrogens is 3. The van der Waals surface area contributed by atoms with Crippen LogP contribution in [0.15, 0.2) is 41.9 Å². The van der Waals surface area contributed by atoms with Gasteiger partial charge in [-0.2, -0.15) is 10.1 Å². The van der Waals surface area contributed by atoms with Gasteiger partial charge in [-0.15, -0.1) is 6.58 Å². The number of rotatable bonds is 5. The zero-order chi connectivity index (χ0) is 18.0. The van der Waals surface area contributed by atoms with E-state index in [1.807, 2.05) is 36.6 Å². The molecule has 3 rings (SSSR count). The maximum atomic E-state index is 12.7. The summed E-state index contributed by atoms with van der Waals surface area (Å²) in [7, 11) is 1.63. The van der Waals surface area contributed by atoms with E-state index >= 15 is 0 Å². The fourth-order valence-electron chi connectivity index (χ4n) is 2.67. The zero-order valence-electron chi connectivity index (χ0n) is 14.5. The molecule has 7 heteroatoms. The number of carbonyl (C=O) groups is 1. The van der Waals surface area contributed by atoms with E-state index in [1.54, 1.807) is 23.9 Å². The molecule has 1 aromatic carbocycles. The number of aryl methyl sites for hydroxylation is 2. The monoisotopic (exact) mass is 356 g/mol. The first-order valence-corrected chi connectivity index (χ1v) is 8.80. The van der Waals surface area contributed by atoms with Crippen molar-refractivity contribution >= 4 is 27.5 Å². The number of allylic oxidation sites excluding steroid dienone is 1. The van der Waals surface area contributed by atoms with Crippen molar-refractivity contribution in [2.75, 3.05) is 7.11 Å². The van der Waals surface area contributed by atoms with Gasteiger partial charge in [0, 0.05) is 13.1 Å². The molecule has 0 unspecified atom stereocenters. The van der Waals surface area contributed by atoms with Gasteiger partial charge in [0.2, 0.25) is 0 Å². The summed E-state index contributed by atoms with van der Waals surface area (Å²) in [6.07, 6.45) is 1.79. The molecule has 0 N–H and O–H groups in total. The Balaban J connectivity index is 2.15. The van der Waals surface area contributed by atoms with Gasteiger partial charge in [-0.3, -0.25) is 9.48 Å². The number of hydrogen-bond donors (Lipinski definition) is 0. The molecule has 0 atom stereocenters. The number of hydrogen-bond acceptors (Lipinski definition) is 4. The second kappa shape index (κ2) is 7.06. The number of fused-ring (bicyclic) bond motifs is 1. The molecular formula is C18H20N4O2S. The van der Waals surface area contributed by atoms with Crippen LogP contribution in [-0.2, 0) is 13.1 Å². The SMILES string of the molecule is C=CCn1c(=NC(=O)c2cc(C)nn2CC)sc2cc(OC)ccc21. The number of amides is 1. The molecule has 1 amide bonds. The summed E-state index contributed by atoms with van der Waals surface area (Å²) in [6.45, 7) is 8.82. The number of nitrogens with zero attached hydrogens (tertiary/aromatic N) is 4. The molecule has 0 saturated heterocycles. The van der Waals surface area contributed by atoms with Crippen LogP contribution in [0.1, 0.15) is 23.1 Å². The molecule has 130 valence electrons. The molecule has 0 spiro atoms. The Bertz CT molecular complexity index is 1010. The lowest BCUT2D eigenvalue weighted by molar-refractivity contribution is 0.0987. The van der Waals surface area contributed by atoms with Crippen molar-refractivity contribution in [1.82, 2.24) is 14.3 Å². The number of benzene rings is 1. The van der Waals surface area contributed by atoms with Crippen LogP contribution in [0.4, 0.5) is 0 Å². The van der Waals surface area contributed by atoms with Gasteiger partial charge in [0.05, 0.1) is 23.0 Å². The van der Waals surface area contributed by atoms with Gasteiger partial charge < -0.3 is 9.30 Å². The Morgan fingerprint density at radius 3 is 2.92 bits per heavy atom. The van der Waals surface area contributed by atoms with Crippen molar-refractivity contribution in [3.63, 3.8) is 0 Å². The molecule has 2 aromatic heterocycles. The van der Waals surface area contributed by atoms with Crippen LogP contribution in [0.2, 0.25) is 0 Å². The van der Waals surface area contributed by atoms with Gasteiger partial charge in [0.1, 0.15) is 11.4 Å². The van der Waals surface area contributed by atoms with Gasteiger partial charge in [-0.1, -0.05) is 17.4 Å². The van der Waals surface area contributed by atoms with Crippen molar-refractivity contribution in [1.29, 1.82) is 0 Å². The Hall–Kier alpha value is -2.67. The van der Waals surface area contributed by atoms with Crippen LogP contribution < -0.4 is 9.54 Å². The largest absolute Gasteiger partial charge is 0.497 e. The minimum atomic E-state index is -0.293. The minimum Gasteiger partial charge on any atom is -0.497 e. The van der Waals surface area contributed by atoms with E-state index in [9.17, 15) is 4.79 Å². The molecule has 0 fully saturated rings. The topological polar surface area (TPSA) is 61.4 Å². The van der Waals surface area contributed by atoms with Crippen LogP contribution in [0, 0.1) is 6.92 Å². The van der Waals surface area contributed by atoms with Crippen LogP contribution in [0.25, 0.3) is 10.2 Å². The Labute approximate surface area is 149 Å². The Morgan fingerprint density at radius 1 is 1.44 bits per heavy atom. The second-order valence-corrected chi connectivity index (χ2v) is 6.53. The van der Waals surface area contributed by atoms with Gasteiger partial charge in [0.15, 0.2) is 4.80 Å². The van der Waals surface area contributed by atoms with E-state index in [-0.39, 0.29) is 5.91 Å². The minimum absolute atomic E-state index is 0.293. The summed E-state index contributed by atoms with van der Waals surface area (Å²) in [4.78, 5) is 17.7. The first kappa shape index (κ1) is 17.2. The predicted octanol–water partition coefficient (Wildman–Crippen LogP) is 3.16.